The number of aromatic nitrogens is 1. The average Bonchev–Trinajstić information content (AvgIpc) is 3.40. The van der Waals surface area contributed by atoms with Crippen molar-refractivity contribution in [1.82, 2.24) is 4.98 Å². The number of anilines is 1. The number of para-hydroxylation sites is 1. The number of carbonyl (C=O) groups is 1. The van der Waals surface area contributed by atoms with Crippen molar-refractivity contribution in [1.29, 1.82) is 0 Å². The van der Waals surface area contributed by atoms with Crippen LogP contribution in [-0.4, -0.2) is 10.9 Å². The van der Waals surface area contributed by atoms with Crippen LogP contribution in [0.5, 0.6) is 0 Å². The van der Waals surface area contributed by atoms with Crippen molar-refractivity contribution < 1.29 is 4.79 Å². The highest BCUT2D eigenvalue weighted by Gasteiger charge is 2.29. The lowest BCUT2D eigenvalue weighted by Gasteiger charge is -2.11. The molecule has 22 heavy (non-hydrogen) atoms. The van der Waals surface area contributed by atoms with E-state index in [1.165, 1.54) is 0 Å². The molecule has 1 N–H and O–H groups in total. The number of fused-ring (bicyclic) bond motifs is 1. The van der Waals surface area contributed by atoms with Gasteiger partial charge in [-0.15, -0.1) is 0 Å². The molecule has 1 aliphatic rings. The van der Waals surface area contributed by atoms with Crippen molar-refractivity contribution in [2.45, 2.75) is 12.8 Å². The van der Waals surface area contributed by atoms with E-state index in [0.717, 1.165) is 40.6 Å². The number of hydrogen-bond donors (Lipinski definition) is 1. The van der Waals surface area contributed by atoms with Crippen LogP contribution in [0.25, 0.3) is 22.0 Å². The predicted octanol–water partition coefficient (Wildman–Crippen LogP) is 4.25. The topological polar surface area (TPSA) is 42.0 Å². The molecule has 108 valence electrons. The number of pyridine rings is 1. The van der Waals surface area contributed by atoms with Gasteiger partial charge in [-0.05, 0) is 42.7 Å². The SMILES string of the molecule is O=C(Nc1ccccc1-c1ccc2ncccc2c1)C1CC1. The van der Waals surface area contributed by atoms with Gasteiger partial charge in [0.2, 0.25) is 5.91 Å². The monoisotopic (exact) mass is 288 g/mol. The van der Waals surface area contributed by atoms with E-state index in [1.54, 1.807) is 6.20 Å². The van der Waals surface area contributed by atoms with Crippen LogP contribution in [0.2, 0.25) is 0 Å². The first-order valence-corrected chi connectivity index (χ1v) is 7.56. The zero-order valence-corrected chi connectivity index (χ0v) is 12.1. The Morgan fingerprint density at radius 3 is 2.77 bits per heavy atom. The Morgan fingerprint density at radius 2 is 1.91 bits per heavy atom. The normalized spacial score (nSPS) is 14.0. The summed E-state index contributed by atoms with van der Waals surface area (Å²) in [5, 5.41) is 4.16. The van der Waals surface area contributed by atoms with Crippen molar-refractivity contribution >= 4 is 22.5 Å². The summed E-state index contributed by atoms with van der Waals surface area (Å²) >= 11 is 0. The van der Waals surface area contributed by atoms with Crippen molar-refractivity contribution in [3.63, 3.8) is 0 Å². The van der Waals surface area contributed by atoms with Gasteiger partial charge in [-0.1, -0.05) is 30.3 Å². The summed E-state index contributed by atoms with van der Waals surface area (Å²) in [6, 6.07) is 18.1. The summed E-state index contributed by atoms with van der Waals surface area (Å²) in [6.07, 6.45) is 3.82. The number of hydrogen-bond acceptors (Lipinski definition) is 2. The van der Waals surface area contributed by atoms with Crippen LogP contribution >= 0.6 is 0 Å². The second-order valence-corrected chi connectivity index (χ2v) is 5.72. The maximum Gasteiger partial charge on any atom is 0.227 e. The van der Waals surface area contributed by atoms with Gasteiger partial charge in [0.15, 0.2) is 0 Å². The Bertz CT molecular complexity index is 853. The van der Waals surface area contributed by atoms with E-state index in [4.69, 9.17) is 0 Å². The predicted molar refractivity (Wildman–Crippen MR) is 88.5 cm³/mol. The molecule has 1 fully saturated rings. The van der Waals surface area contributed by atoms with E-state index >= 15 is 0 Å². The summed E-state index contributed by atoms with van der Waals surface area (Å²) in [7, 11) is 0. The van der Waals surface area contributed by atoms with Gasteiger partial charge in [0.05, 0.1) is 5.52 Å². The third-order valence-electron chi connectivity index (χ3n) is 4.05. The number of nitrogens with one attached hydrogen (secondary N) is 1. The lowest BCUT2D eigenvalue weighted by molar-refractivity contribution is -0.117. The summed E-state index contributed by atoms with van der Waals surface area (Å²) in [4.78, 5) is 16.4. The molecular formula is C19H16N2O. The van der Waals surface area contributed by atoms with Gasteiger partial charge in [-0.25, -0.2) is 0 Å². The molecule has 3 aromatic rings. The van der Waals surface area contributed by atoms with Gasteiger partial charge in [0.1, 0.15) is 0 Å². The van der Waals surface area contributed by atoms with Gasteiger partial charge < -0.3 is 5.32 Å². The lowest BCUT2D eigenvalue weighted by atomic mass is 10.0. The molecular weight excluding hydrogens is 272 g/mol. The largest absolute Gasteiger partial charge is 0.325 e. The number of carbonyl (C=O) groups excluding carboxylic acids is 1. The summed E-state index contributed by atoms with van der Waals surface area (Å²) in [5.41, 5.74) is 3.99. The highest BCUT2D eigenvalue weighted by Crippen LogP contribution is 2.33. The Labute approximate surface area is 129 Å². The van der Waals surface area contributed by atoms with Crippen LogP contribution in [0.1, 0.15) is 12.8 Å². The fraction of sp³-hybridized carbons (Fsp3) is 0.158. The van der Waals surface area contributed by atoms with E-state index in [2.05, 4.69) is 28.5 Å². The Kier molecular flexibility index (Phi) is 3.11. The van der Waals surface area contributed by atoms with Crippen LogP contribution in [0.15, 0.2) is 60.8 Å². The van der Waals surface area contributed by atoms with E-state index in [0.29, 0.717) is 0 Å². The summed E-state index contributed by atoms with van der Waals surface area (Å²) < 4.78 is 0. The smallest absolute Gasteiger partial charge is 0.227 e. The Morgan fingerprint density at radius 1 is 1.05 bits per heavy atom. The van der Waals surface area contributed by atoms with Crippen LogP contribution in [0.4, 0.5) is 5.69 Å². The fourth-order valence-electron chi connectivity index (χ4n) is 2.67. The molecule has 1 amide bonds. The Balaban J connectivity index is 1.75. The molecule has 4 rings (SSSR count). The standard InChI is InChI=1S/C19H16N2O/c22-19(13-7-8-13)21-18-6-2-1-5-16(18)14-9-10-17-15(12-14)4-3-11-20-17/h1-6,9-13H,7-8H2,(H,21,22). The molecule has 1 heterocycles. The third kappa shape index (κ3) is 2.46. The molecule has 1 aliphatic carbocycles. The first kappa shape index (κ1) is 13.0. The van der Waals surface area contributed by atoms with Gasteiger partial charge in [0.25, 0.3) is 0 Å². The third-order valence-corrected chi connectivity index (χ3v) is 4.05. The number of nitrogens with zero attached hydrogens (tertiary/aromatic N) is 1. The second kappa shape index (κ2) is 5.26. The molecule has 0 spiro atoms. The van der Waals surface area contributed by atoms with Gasteiger partial charge in [-0.2, -0.15) is 0 Å². The van der Waals surface area contributed by atoms with Crippen molar-refractivity contribution in [3.8, 4) is 11.1 Å². The van der Waals surface area contributed by atoms with Gasteiger partial charge in [-0.3, -0.25) is 9.78 Å². The average molecular weight is 288 g/mol. The zero-order valence-electron chi connectivity index (χ0n) is 12.1. The van der Waals surface area contributed by atoms with E-state index < -0.39 is 0 Å². The van der Waals surface area contributed by atoms with Gasteiger partial charge in [0, 0.05) is 28.8 Å². The molecule has 0 radical (unpaired) electrons. The molecule has 0 aliphatic heterocycles. The first-order chi connectivity index (χ1) is 10.8. The highest BCUT2D eigenvalue weighted by atomic mass is 16.2. The maximum atomic E-state index is 12.0. The van der Waals surface area contributed by atoms with Gasteiger partial charge >= 0.3 is 0 Å². The molecule has 0 bridgehead atoms. The van der Waals surface area contributed by atoms with Crippen LogP contribution in [-0.2, 0) is 4.79 Å². The molecule has 0 atom stereocenters. The van der Waals surface area contributed by atoms with Crippen molar-refractivity contribution in [3.05, 3.63) is 60.8 Å². The first-order valence-electron chi connectivity index (χ1n) is 7.56. The molecule has 0 saturated heterocycles. The zero-order chi connectivity index (χ0) is 14.9. The van der Waals surface area contributed by atoms with E-state index in [1.807, 2.05) is 36.4 Å². The fourth-order valence-corrected chi connectivity index (χ4v) is 2.67. The van der Waals surface area contributed by atoms with Crippen LogP contribution < -0.4 is 5.32 Å². The number of rotatable bonds is 3. The number of amides is 1. The molecule has 2 aromatic carbocycles. The minimum Gasteiger partial charge on any atom is -0.325 e. The van der Waals surface area contributed by atoms with E-state index in [9.17, 15) is 4.79 Å². The molecule has 0 unspecified atom stereocenters. The van der Waals surface area contributed by atoms with Crippen molar-refractivity contribution in [2.24, 2.45) is 5.92 Å². The molecule has 3 heteroatoms. The van der Waals surface area contributed by atoms with Crippen LogP contribution in [0, 0.1) is 5.92 Å². The number of benzene rings is 2. The van der Waals surface area contributed by atoms with Crippen LogP contribution in [0.3, 0.4) is 0 Å². The second-order valence-electron chi connectivity index (χ2n) is 5.72. The minimum absolute atomic E-state index is 0.134. The Hall–Kier alpha value is -2.68. The summed E-state index contributed by atoms with van der Waals surface area (Å²) in [6.45, 7) is 0. The quantitative estimate of drug-likeness (QED) is 0.782. The lowest BCUT2D eigenvalue weighted by Crippen LogP contribution is -2.13. The highest BCUT2D eigenvalue weighted by molar-refractivity contribution is 5.98. The molecule has 3 nitrogen and oxygen atoms in total. The molecule has 1 aromatic heterocycles. The summed E-state index contributed by atoms with van der Waals surface area (Å²) in [5.74, 6) is 0.337. The minimum atomic E-state index is 0.134. The van der Waals surface area contributed by atoms with E-state index in [-0.39, 0.29) is 11.8 Å². The van der Waals surface area contributed by atoms with Crippen molar-refractivity contribution in [2.75, 3.05) is 5.32 Å². The maximum absolute atomic E-state index is 12.0. The molecule has 1 saturated carbocycles.